The number of fused-ring (bicyclic) bond motifs is 1. The van der Waals surface area contributed by atoms with E-state index in [1.165, 1.54) is 0 Å². The Bertz CT molecular complexity index is 810. The van der Waals surface area contributed by atoms with E-state index < -0.39 is 5.60 Å². The van der Waals surface area contributed by atoms with E-state index in [0.717, 1.165) is 15.6 Å². The number of halogens is 1. The largest absolute Gasteiger partial charge is 0.488 e. The number of rotatable bonds is 5. The zero-order valence-electron chi connectivity index (χ0n) is 15.0. The maximum Gasteiger partial charge on any atom is 0.310 e. The maximum absolute atomic E-state index is 12.1. The second-order valence-electron chi connectivity index (χ2n) is 6.96. The molecular weight excluding hydrogens is 400 g/mol. The van der Waals surface area contributed by atoms with E-state index in [9.17, 15) is 4.79 Å². The van der Waals surface area contributed by atoms with Gasteiger partial charge in [-0.25, -0.2) is 0 Å². The molecule has 0 spiro atoms. The van der Waals surface area contributed by atoms with Gasteiger partial charge in [-0.15, -0.1) is 0 Å². The molecule has 26 heavy (non-hydrogen) atoms. The van der Waals surface area contributed by atoms with Crippen molar-refractivity contribution in [3.05, 3.63) is 52.0 Å². The van der Waals surface area contributed by atoms with Crippen LogP contribution in [-0.4, -0.2) is 18.4 Å². The Balaban J connectivity index is 1.73. The molecule has 0 radical (unpaired) electrons. The van der Waals surface area contributed by atoms with E-state index in [1.54, 1.807) is 0 Å². The summed E-state index contributed by atoms with van der Waals surface area (Å²) in [5, 5.41) is 0. The van der Waals surface area contributed by atoms with Crippen LogP contribution in [0.2, 0.25) is 0 Å². The van der Waals surface area contributed by atoms with Crippen molar-refractivity contribution in [2.75, 3.05) is 6.79 Å². The number of carbonyl (C=O) groups is 1. The summed E-state index contributed by atoms with van der Waals surface area (Å²) in [6.45, 7) is 6.06. The Morgan fingerprint density at radius 1 is 1.15 bits per heavy atom. The van der Waals surface area contributed by atoms with Gasteiger partial charge in [-0.05, 0) is 39.0 Å². The molecule has 0 fully saturated rings. The van der Waals surface area contributed by atoms with Gasteiger partial charge in [0.05, 0.1) is 6.42 Å². The van der Waals surface area contributed by atoms with Gasteiger partial charge in [0, 0.05) is 15.6 Å². The highest BCUT2D eigenvalue weighted by atomic mass is 79.9. The fourth-order valence-corrected chi connectivity index (χ4v) is 3.12. The smallest absolute Gasteiger partial charge is 0.310 e. The van der Waals surface area contributed by atoms with Crippen molar-refractivity contribution >= 4 is 21.9 Å². The minimum absolute atomic E-state index is 0.156. The van der Waals surface area contributed by atoms with Gasteiger partial charge in [0.1, 0.15) is 18.0 Å². The molecule has 0 atom stereocenters. The standard InChI is InChI=1S/C20H21BrO5/c1-20(2,3)26-18(22)9-13-6-4-5-7-16(13)23-11-14-8-15(21)10-17-19(14)25-12-24-17/h4-8,10H,9,11-12H2,1-3H3. The zero-order chi connectivity index (χ0) is 18.7. The molecule has 0 N–H and O–H groups in total. The monoisotopic (exact) mass is 420 g/mol. The van der Waals surface area contributed by atoms with Crippen LogP contribution in [0.1, 0.15) is 31.9 Å². The summed E-state index contributed by atoms with van der Waals surface area (Å²) < 4.78 is 23.2. The normalized spacial score (nSPS) is 12.8. The maximum atomic E-state index is 12.1. The SMILES string of the molecule is CC(C)(C)OC(=O)Cc1ccccc1OCc1cc(Br)cc2c1OCO2. The van der Waals surface area contributed by atoms with Gasteiger partial charge in [-0.1, -0.05) is 34.1 Å². The fraction of sp³-hybridized carbons (Fsp3) is 0.350. The Morgan fingerprint density at radius 2 is 1.92 bits per heavy atom. The van der Waals surface area contributed by atoms with Gasteiger partial charge >= 0.3 is 5.97 Å². The van der Waals surface area contributed by atoms with E-state index in [1.807, 2.05) is 57.2 Å². The lowest BCUT2D eigenvalue weighted by atomic mass is 10.1. The van der Waals surface area contributed by atoms with Crippen molar-refractivity contribution in [2.24, 2.45) is 0 Å². The van der Waals surface area contributed by atoms with Crippen LogP contribution in [0.4, 0.5) is 0 Å². The Labute approximate surface area is 161 Å². The van der Waals surface area contributed by atoms with Crippen LogP contribution in [0.15, 0.2) is 40.9 Å². The first-order valence-electron chi connectivity index (χ1n) is 8.32. The van der Waals surface area contributed by atoms with E-state index in [4.69, 9.17) is 18.9 Å². The number of carbonyl (C=O) groups excluding carboxylic acids is 1. The summed E-state index contributed by atoms with van der Waals surface area (Å²) >= 11 is 3.46. The molecule has 0 aliphatic carbocycles. The summed E-state index contributed by atoms with van der Waals surface area (Å²) in [5.41, 5.74) is 1.14. The topological polar surface area (TPSA) is 54.0 Å². The summed E-state index contributed by atoms with van der Waals surface area (Å²) in [5.74, 6) is 1.75. The Morgan fingerprint density at radius 3 is 2.69 bits per heavy atom. The molecule has 0 bridgehead atoms. The van der Waals surface area contributed by atoms with Crippen LogP contribution in [0.25, 0.3) is 0 Å². The fourth-order valence-electron chi connectivity index (χ4n) is 2.63. The average Bonchev–Trinajstić information content (AvgIpc) is 3.00. The predicted molar refractivity (Wildman–Crippen MR) is 101 cm³/mol. The summed E-state index contributed by atoms with van der Waals surface area (Å²) in [4.78, 5) is 12.1. The van der Waals surface area contributed by atoms with Crippen LogP contribution < -0.4 is 14.2 Å². The van der Waals surface area contributed by atoms with Crippen molar-refractivity contribution in [1.82, 2.24) is 0 Å². The number of hydrogen-bond acceptors (Lipinski definition) is 5. The van der Waals surface area contributed by atoms with Gasteiger partial charge < -0.3 is 18.9 Å². The zero-order valence-corrected chi connectivity index (χ0v) is 16.6. The van der Waals surface area contributed by atoms with Crippen molar-refractivity contribution in [3.63, 3.8) is 0 Å². The summed E-state index contributed by atoms with van der Waals surface area (Å²) in [6, 6.07) is 11.3. The van der Waals surface area contributed by atoms with Gasteiger partial charge in [-0.3, -0.25) is 4.79 Å². The third-order valence-electron chi connectivity index (χ3n) is 3.62. The highest BCUT2D eigenvalue weighted by Crippen LogP contribution is 2.39. The lowest BCUT2D eigenvalue weighted by Crippen LogP contribution is -2.25. The van der Waals surface area contributed by atoms with E-state index >= 15 is 0 Å². The third-order valence-corrected chi connectivity index (χ3v) is 4.08. The van der Waals surface area contributed by atoms with Gasteiger partial charge in [0.15, 0.2) is 11.5 Å². The Hall–Kier alpha value is -2.21. The number of para-hydroxylation sites is 1. The first kappa shape index (κ1) is 18.6. The van der Waals surface area contributed by atoms with Crippen LogP contribution in [0, 0.1) is 0 Å². The van der Waals surface area contributed by atoms with Crippen molar-refractivity contribution < 1.29 is 23.7 Å². The number of esters is 1. The number of hydrogen-bond donors (Lipinski definition) is 0. The summed E-state index contributed by atoms with van der Waals surface area (Å²) in [6.07, 6.45) is 0.156. The molecule has 0 saturated carbocycles. The first-order chi connectivity index (χ1) is 12.3. The molecule has 3 rings (SSSR count). The van der Waals surface area contributed by atoms with Crippen molar-refractivity contribution in [3.8, 4) is 17.2 Å². The minimum Gasteiger partial charge on any atom is -0.488 e. The molecule has 2 aromatic rings. The van der Waals surface area contributed by atoms with Crippen LogP contribution >= 0.6 is 15.9 Å². The predicted octanol–water partition coefficient (Wildman–Crippen LogP) is 4.64. The van der Waals surface area contributed by atoms with E-state index in [2.05, 4.69) is 15.9 Å². The average molecular weight is 421 g/mol. The molecule has 1 heterocycles. The molecule has 5 nitrogen and oxygen atoms in total. The Kier molecular flexibility index (Phi) is 5.41. The second-order valence-corrected chi connectivity index (χ2v) is 7.87. The van der Waals surface area contributed by atoms with Crippen molar-refractivity contribution in [1.29, 1.82) is 0 Å². The molecule has 138 valence electrons. The molecule has 0 saturated heterocycles. The molecule has 0 unspecified atom stereocenters. The minimum atomic E-state index is -0.513. The van der Waals surface area contributed by atoms with E-state index in [-0.39, 0.29) is 19.2 Å². The van der Waals surface area contributed by atoms with Crippen molar-refractivity contribution in [2.45, 2.75) is 39.4 Å². The van der Waals surface area contributed by atoms with E-state index in [0.29, 0.717) is 23.9 Å². The van der Waals surface area contributed by atoms with Gasteiger partial charge in [0.2, 0.25) is 6.79 Å². The van der Waals surface area contributed by atoms with Crippen LogP contribution in [0.5, 0.6) is 17.2 Å². The molecule has 2 aromatic carbocycles. The first-order valence-corrected chi connectivity index (χ1v) is 9.12. The van der Waals surface area contributed by atoms with Crippen LogP contribution in [0.3, 0.4) is 0 Å². The lowest BCUT2D eigenvalue weighted by molar-refractivity contribution is -0.153. The second kappa shape index (κ2) is 7.58. The molecule has 1 aliphatic heterocycles. The molecule has 1 aliphatic rings. The lowest BCUT2D eigenvalue weighted by Gasteiger charge is -2.20. The number of ether oxygens (including phenoxy) is 4. The molecule has 0 aromatic heterocycles. The third kappa shape index (κ3) is 4.69. The van der Waals surface area contributed by atoms with Gasteiger partial charge in [0.25, 0.3) is 0 Å². The number of benzene rings is 2. The highest BCUT2D eigenvalue weighted by Gasteiger charge is 2.21. The van der Waals surface area contributed by atoms with Crippen LogP contribution in [-0.2, 0) is 22.6 Å². The molecule has 6 heteroatoms. The molecule has 0 amide bonds. The molecular formula is C20H21BrO5. The van der Waals surface area contributed by atoms with Gasteiger partial charge in [-0.2, -0.15) is 0 Å². The quantitative estimate of drug-likeness (QED) is 0.659. The highest BCUT2D eigenvalue weighted by molar-refractivity contribution is 9.10. The summed E-state index contributed by atoms with van der Waals surface area (Å²) in [7, 11) is 0.